The second-order valence-electron chi connectivity index (χ2n) is 5.69. The highest BCUT2D eigenvalue weighted by Crippen LogP contribution is 2.20. The maximum Gasteiger partial charge on any atom is 0.127 e. The molecule has 4 heteroatoms. The summed E-state index contributed by atoms with van der Waals surface area (Å²) < 4.78 is 26.7. The van der Waals surface area contributed by atoms with Gasteiger partial charge in [-0.05, 0) is 43.6 Å². The molecule has 1 heterocycles. The lowest BCUT2D eigenvalue weighted by atomic mass is 10.1. The van der Waals surface area contributed by atoms with Crippen LogP contribution in [-0.2, 0) is 6.54 Å². The van der Waals surface area contributed by atoms with Crippen LogP contribution < -0.4 is 5.32 Å². The van der Waals surface area contributed by atoms with Gasteiger partial charge in [-0.3, -0.25) is 4.90 Å². The molecule has 19 heavy (non-hydrogen) atoms. The number of rotatable bonds is 5. The van der Waals surface area contributed by atoms with Crippen LogP contribution >= 0.6 is 0 Å². The van der Waals surface area contributed by atoms with Crippen LogP contribution in [0.25, 0.3) is 0 Å². The lowest BCUT2D eigenvalue weighted by molar-refractivity contribution is 0.307. The molecule has 1 fully saturated rings. The van der Waals surface area contributed by atoms with Gasteiger partial charge in [0.25, 0.3) is 0 Å². The topological polar surface area (TPSA) is 15.3 Å². The minimum Gasteiger partial charge on any atom is -0.314 e. The quantitative estimate of drug-likeness (QED) is 0.883. The SMILES string of the molecule is CC(C)NCC1CCN(Cc2cc(F)ccc2F)C1. The second-order valence-corrected chi connectivity index (χ2v) is 5.69. The molecule has 0 saturated carbocycles. The molecule has 2 nitrogen and oxygen atoms in total. The van der Waals surface area contributed by atoms with Crippen LogP contribution in [0.2, 0.25) is 0 Å². The van der Waals surface area contributed by atoms with Crippen LogP contribution in [0.1, 0.15) is 25.8 Å². The van der Waals surface area contributed by atoms with E-state index in [9.17, 15) is 8.78 Å². The highest BCUT2D eigenvalue weighted by molar-refractivity contribution is 5.18. The molecule has 1 unspecified atom stereocenters. The van der Waals surface area contributed by atoms with E-state index in [1.807, 2.05) is 0 Å². The summed E-state index contributed by atoms with van der Waals surface area (Å²) in [6, 6.07) is 4.17. The summed E-state index contributed by atoms with van der Waals surface area (Å²) in [5.74, 6) is -0.0715. The lowest BCUT2D eigenvalue weighted by Crippen LogP contribution is -2.30. The number of hydrogen-bond donors (Lipinski definition) is 1. The van der Waals surface area contributed by atoms with Crippen molar-refractivity contribution < 1.29 is 8.78 Å². The average molecular weight is 268 g/mol. The number of halogens is 2. The van der Waals surface area contributed by atoms with E-state index < -0.39 is 0 Å². The molecular weight excluding hydrogens is 246 g/mol. The molecule has 0 aliphatic carbocycles. The molecule has 0 aromatic heterocycles. The van der Waals surface area contributed by atoms with Gasteiger partial charge in [0.15, 0.2) is 0 Å². The lowest BCUT2D eigenvalue weighted by Gasteiger charge is -2.17. The van der Waals surface area contributed by atoms with Crippen LogP contribution in [0.15, 0.2) is 18.2 Å². The Morgan fingerprint density at radius 1 is 1.37 bits per heavy atom. The van der Waals surface area contributed by atoms with Crippen LogP contribution in [0.5, 0.6) is 0 Å². The van der Waals surface area contributed by atoms with Crippen LogP contribution in [0, 0.1) is 17.6 Å². The molecule has 2 rings (SSSR count). The van der Waals surface area contributed by atoms with Gasteiger partial charge in [0.05, 0.1) is 0 Å². The highest BCUT2D eigenvalue weighted by atomic mass is 19.1. The number of nitrogens with zero attached hydrogens (tertiary/aromatic N) is 1. The van der Waals surface area contributed by atoms with Crippen LogP contribution in [-0.4, -0.2) is 30.6 Å². The molecule has 1 atom stereocenters. The summed E-state index contributed by atoms with van der Waals surface area (Å²) in [5.41, 5.74) is 0.456. The first-order valence-electron chi connectivity index (χ1n) is 6.94. The molecular formula is C15H22F2N2. The smallest absolute Gasteiger partial charge is 0.127 e. The Kier molecular flexibility index (Phi) is 4.88. The minimum absolute atomic E-state index is 0.315. The minimum atomic E-state index is -0.367. The summed E-state index contributed by atoms with van der Waals surface area (Å²) in [6.07, 6.45) is 1.12. The number of benzene rings is 1. The van der Waals surface area contributed by atoms with Crippen molar-refractivity contribution >= 4 is 0 Å². The predicted octanol–water partition coefficient (Wildman–Crippen LogP) is 2.78. The Morgan fingerprint density at radius 2 is 2.16 bits per heavy atom. The van der Waals surface area contributed by atoms with E-state index in [0.29, 0.717) is 24.1 Å². The van der Waals surface area contributed by atoms with Gasteiger partial charge in [-0.25, -0.2) is 8.78 Å². The fourth-order valence-corrected chi connectivity index (χ4v) is 2.53. The van der Waals surface area contributed by atoms with Crippen molar-refractivity contribution in [3.63, 3.8) is 0 Å². The molecule has 0 bridgehead atoms. The molecule has 1 aromatic carbocycles. The Bertz CT molecular complexity index is 421. The molecule has 1 aliphatic rings. The number of nitrogens with one attached hydrogen (secondary N) is 1. The van der Waals surface area contributed by atoms with Crippen molar-refractivity contribution in [1.82, 2.24) is 10.2 Å². The maximum atomic E-state index is 13.6. The van der Waals surface area contributed by atoms with E-state index >= 15 is 0 Å². The first-order chi connectivity index (χ1) is 9.04. The largest absolute Gasteiger partial charge is 0.314 e. The molecule has 1 N–H and O–H groups in total. The van der Waals surface area contributed by atoms with E-state index in [1.165, 1.54) is 12.1 Å². The Hall–Kier alpha value is -1.00. The van der Waals surface area contributed by atoms with E-state index in [0.717, 1.165) is 32.1 Å². The van der Waals surface area contributed by atoms with E-state index in [-0.39, 0.29) is 11.6 Å². The molecule has 0 amide bonds. The number of hydrogen-bond acceptors (Lipinski definition) is 2. The van der Waals surface area contributed by atoms with Crippen molar-refractivity contribution in [1.29, 1.82) is 0 Å². The van der Waals surface area contributed by atoms with Crippen molar-refractivity contribution in [2.45, 2.75) is 32.9 Å². The maximum absolute atomic E-state index is 13.6. The summed E-state index contributed by atoms with van der Waals surface area (Å²) in [5, 5.41) is 3.43. The van der Waals surface area contributed by atoms with Gasteiger partial charge in [0.2, 0.25) is 0 Å². The molecule has 106 valence electrons. The van der Waals surface area contributed by atoms with Gasteiger partial charge in [-0.2, -0.15) is 0 Å². The van der Waals surface area contributed by atoms with Crippen molar-refractivity contribution in [3.05, 3.63) is 35.4 Å². The van der Waals surface area contributed by atoms with Crippen LogP contribution in [0.3, 0.4) is 0 Å². The fourth-order valence-electron chi connectivity index (χ4n) is 2.53. The van der Waals surface area contributed by atoms with E-state index in [2.05, 4.69) is 24.1 Å². The zero-order chi connectivity index (χ0) is 13.8. The van der Waals surface area contributed by atoms with Gasteiger partial charge in [0, 0.05) is 24.7 Å². The van der Waals surface area contributed by atoms with Crippen LogP contribution in [0.4, 0.5) is 8.78 Å². The van der Waals surface area contributed by atoms with E-state index in [4.69, 9.17) is 0 Å². The molecule has 0 spiro atoms. The Balaban J connectivity index is 1.86. The normalized spacial score (nSPS) is 20.4. The predicted molar refractivity (Wildman–Crippen MR) is 72.9 cm³/mol. The van der Waals surface area contributed by atoms with Gasteiger partial charge in [-0.15, -0.1) is 0 Å². The fraction of sp³-hybridized carbons (Fsp3) is 0.600. The van der Waals surface area contributed by atoms with Crippen molar-refractivity contribution in [3.8, 4) is 0 Å². The third kappa shape index (κ3) is 4.25. The van der Waals surface area contributed by atoms with Gasteiger partial charge in [-0.1, -0.05) is 13.8 Å². The molecule has 1 aromatic rings. The zero-order valence-corrected chi connectivity index (χ0v) is 11.6. The third-order valence-corrected chi connectivity index (χ3v) is 3.59. The number of likely N-dealkylation sites (tertiary alicyclic amines) is 1. The van der Waals surface area contributed by atoms with Gasteiger partial charge in [0.1, 0.15) is 11.6 Å². The summed E-state index contributed by atoms with van der Waals surface area (Å²) in [6.45, 7) is 7.68. The first kappa shape index (κ1) is 14.4. The highest BCUT2D eigenvalue weighted by Gasteiger charge is 2.23. The van der Waals surface area contributed by atoms with Gasteiger partial charge < -0.3 is 5.32 Å². The summed E-state index contributed by atoms with van der Waals surface area (Å²) >= 11 is 0. The molecule has 0 radical (unpaired) electrons. The van der Waals surface area contributed by atoms with E-state index in [1.54, 1.807) is 0 Å². The Morgan fingerprint density at radius 3 is 2.89 bits per heavy atom. The summed E-state index contributed by atoms with van der Waals surface area (Å²) in [4.78, 5) is 2.20. The monoisotopic (exact) mass is 268 g/mol. The second kappa shape index (κ2) is 6.44. The average Bonchev–Trinajstić information content (AvgIpc) is 2.79. The molecule has 1 saturated heterocycles. The Labute approximate surface area is 113 Å². The summed E-state index contributed by atoms with van der Waals surface area (Å²) in [7, 11) is 0. The first-order valence-corrected chi connectivity index (χ1v) is 6.94. The standard InChI is InChI=1S/C15H22F2N2/c1-11(2)18-8-12-5-6-19(9-12)10-13-7-14(16)3-4-15(13)17/h3-4,7,11-12,18H,5-6,8-10H2,1-2H3. The third-order valence-electron chi connectivity index (χ3n) is 3.59. The molecule has 1 aliphatic heterocycles. The zero-order valence-electron chi connectivity index (χ0n) is 11.6. The van der Waals surface area contributed by atoms with Gasteiger partial charge >= 0.3 is 0 Å². The van der Waals surface area contributed by atoms with Crippen molar-refractivity contribution in [2.75, 3.05) is 19.6 Å². The van der Waals surface area contributed by atoms with Crippen molar-refractivity contribution in [2.24, 2.45) is 5.92 Å².